The van der Waals surface area contributed by atoms with E-state index in [0.29, 0.717) is 39.2 Å². The Morgan fingerprint density at radius 1 is 1.15 bits per heavy atom. The van der Waals surface area contributed by atoms with Crippen molar-refractivity contribution in [2.45, 2.75) is 25.7 Å². The van der Waals surface area contributed by atoms with E-state index in [4.69, 9.17) is 4.74 Å². The predicted molar refractivity (Wildman–Crippen MR) is 76.1 cm³/mol. The Hall–Kier alpha value is -1.36. The van der Waals surface area contributed by atoms with Crippen LogP contribution in [0, 0.1) is 5.92 Å². The lowest BCUT2D eigenvalue weighted by Crippen LogP contribution is -2.52. The minimum Gasteiger partial charge on any atom is -0.384 e. The van der Waals surface area contributed by atoms with Crippen molar-refractivity contribution >= 4 is 11.8 Å². The maximum absolute atomic E-state index is 12.4. The highest BCUT2D eigenvalue weighted by molar-refractivity contribution is 5.80. The van der Waals surface area contributed by atoms with Crippen LogP contribution in [0.3, 0.4) is 0 Å². The number of hydrogen-bond acceptors (Lipinski definition) is 3. The Morgan fingerprint density at radius 3 is 2.45 bits per heavy atom. The van der Waals surface area contributed by atoms with E-state index in [1.54, 1.807) is 7.11 Å². The third-order valence-electron chi connectivity index (χ3n) is 4.08. The molecule has 0 spiro atoms. The first kappa shape index (κ1) is 15.0. The van der Waals surface area contributed by atoms with Crippen molar-refractivity contribution < 1.29 is 14.3 Å². The van der Waals surface area contributed by atoms with Crippen LogP contribution in [0.1, 0.15) is 25.7 Å². The summed E-state index contributed by atoms with van der Waals surface area (Å²) < 4.78 is 4.92. The van der Waals surface area contributed by atoms with Crippen LogP contribution < -0.4 is 0 Å². The van der Waals surface area contributed by atoms with Crippen molar-refractivity contribution in [2.75, 3.05) is 39.9 Å². The molecule has 1 atom stereocenters. The van der Waals surface area contributed by atoms with Gasteiger partial charge in [-0.05, 0) is 19.3 Å². The molecule has 1 heterocycles. The van der Waals surface area contributed by atoms with Gasteiger partial charge in [0.15, 0.2) is 0 Å². The molecule has 1 unspecified atom stereocenters. The molecule has 2 aliphatic rings. The number of methoxy groups -OCH3 is 1. The molecule has 1 aliphatic heterocycles. The molecule has 2 rings (SSSR count). The first-order chi connectivity index (χ1) is 9.72. The van der Waals surface area contributed by atoms with Gasteiger partial charge < -0.3 is 14.5 Å². The normalized spacial score (nSPS) is 22.9. The molecule has 0 N–H and O–H groups in total. The third-order valence-corrected chi connectivity index (χ3v) is 4.08. The average molecular weight is 280 g/mol. The van der Waals surface area contributed by atoms with E-state index in [9.17, 15) is 9.59 Å². The van der Waals surface area contributed by atoms with Gasteiger partial charge in [0.1, 0.15) is 0 Å². The maximum Gasteiger partial charge on any atom is 0.226 e. The summed E-state index contributed by atoms with van der Waals surface area (Å²) in [7, 11) is 1.60. The van der Waals surface area contributed by atoms with Crippen LogP contribution in [0.15, 0.2) is 12.2 Å². The number of carbonyl (C=O) groups is 2. The van der Waals surface area contributed by atoms with Crippen LogP contribution in [0.25, 0.3) is 0 Å². The highest BCUT2D eigenvalue weighted by atomic mass is 16.5. The van der Waals surface area contributed by atoms with Crippen LogP contribution in [0.2, 0.25) is 0 Å². The van der Waals surface area contributed by atoms with Gasteiger partial charge in [-0.15, -0.1) is 0 Å². The molecule has 1 fully saturated rings. The third kappa shape index (κ3) is 3.82. The molecule has 1 aliphatic carbocycles. The number of carbonyl (C=O) groups excluding carboxylic acids is 2. The fraction of sp³-hybridized carbons (Fsp3) is 0.733. The highest BCUT2D eigenvalue weighted by Crippen LogP contribution is 2.21. The topological polar surface area (TPSA) is 49.9 Å². The second kappa shape index (κ2) is 7.43. The van der Waals surface area contributed by atoms with E-state index in [-0.39, 0.29) is 17.7 Å². The highest BCUT2D eigenvalue weighted by Gasteiger charge is 2.28. The Morgan fingerprint density at radius 2 is 1.85 bits per heavy atom. The van der Waals surface area contributed by atoms with E-state index in [1.807, 2.05) is 9.80 Å². The summed E-state index contributed by atoms with van der Waals surface area (Å²) in [5.41, 5.74) is 0. The smallest absolute Gasteiger partial charge is 0.226 e. The van der Waals surface area contributed by atoms with E-state index >= 15 is 0 Å². The zero-order valence-corrected chi connectivity index (χ0v) is 12.2. The minimum absolute atomic E-state index is 0.125. The standard InChI is InChI=1S/C15H24N2O3/c1-20-12-7-14(18)16-8-10-17(11-9-16)15(19)13-5-3-2-4-6-13/h2-3,13H,4-12H2,1H3. The van der Waals surface area contributed by atoms with Gasteiger partial charge in [0.2, 0.25) is 11.8 Å². The second-order valence-corrected chi connectivity index (χ2v) is 5.43. The molecule has 112 valence electrons. The van der Waals surface area contributed by atoms with E-state index in [1.165, 1.54) is 0 Å². The number of rotatable bonds is 4. The van der Waals surface area contributed by atoms with Crippen molar-refractivity contribution in [3.63, 3.8) is 0 Å². The molecule has 5 heteroatoms. The largest absolute Gasteiger partial charge is 0.384 e. The molecule has 0 radical (unpaired) electrons. The lowest BCUT2D eigenvalue weighted by molar-refractivity contribution is -0.142. The molecule has 5 nitrogen and oxygen atoms in total. The van der Waals surface area contributed by atoms with Gasteiger partial charge in [0, 0.05) is 39.2 Å². The van der Waals surface area contributed by atoms with Crippen molar-refractivity contribution in [1.82, 2.24) is 9.80 Å². The van der Waals surface area contributed by atoms with Gasteiger partial charge >= 0.3 is 0 Å². The van der Waals surface area contributed by atoms with Crippen LogP contribution >= 0.6 is 0 Å². The van der Waals surface area contributed by atoms with Crippen LogP contribution in [0.4, 0.5) is 0 Å². The minimum atomic E-state index is 0.125. The van der Waals surface area contributed by atoms with Crippen LogP contribution in [-0.2, 0) is 14.3 Å². The van der Waals surface area contributed by atoms with E-state index in [0.717, 1.165) is 19.3 Å². The number of nitrogens with zero attached hydrogens (tertiary/aromatic N) is 2. The summed E-state index contributed by atoms with van der Waals surface area (Å²) >= 11 is 0. The van der Waals surface area contributed by atoms with Gasteiger partial charge in [-0.25, -0.2) is 0 Å². The molecule has 0 aromatic heterocycles. The van der Waals surface area contributed by atoms with Crippen molar-refractivity contribution in [3.8, 4) is 0 Å². The lowest BCUT2D eigenvalue weighted by Gasteiger charge is -2.36. The quantitative estimate of drug-likeness (QED) is 0.723. The second-order valence-electron chi connectivity index (χ2n) is 5.43. The summed E-state index contributed by atoms with van der Waals surface area (Å²) in [6, 6.07) is 0. The molecule has 20 heavy (non-hydrogen) atoms. The Balaban J connectivity index is 1.77. The first-order valence-electron chi connectivity index (χ1n) is 7.43. The molecule has 0 aromatic carbocycles. The fourth-order valence-electron chi connectivity index (χ4n) is 2.80. The first-order valence-corrected chi connectivity index (χ1v) is 7.43. The zero-order chi connectivity index (χ0) is 14.4. The van der Waals surface area contributed by atoms with Crippen LogP contribution in [-0.4, -0.2) is 61.5 Å². The molecule has 0 bridgehead atoms. The number of hydrogen-bond donors (Lipinski definition) is 0. The molecular weight excluding hydrogens is 256 g/mol. The molecule has 2 amide bonds. The number of ether oxygens (including phenoxy) is 1. The van der Waals surface area contributed by atoms with Crippen molar-refractivity contribution in [3.05, 3.63) is 12.2 Å². The average Bonchev–Trinajstić information content (AvgIpc) is 2.53. The van der Waals surface area contributed by atoms with Crippen molar-refractivity contribution in [2.24, 2.45) is 5.92 Å². The Bertz CT molecular complexity index is 373. The fourth-order valence-corrected chi connectivity index (χ4v) is 2.80. The number of allylic oxidation sites excluding steroid dienone is 2. The Labute approximate surface area is 120 Å². The van der Waals surface area contributed by atoms with Gasteiger partial charge in [-0.3, -0.25) is 9.59 Å². The lowest BCUT2D eigenvalue weighted by atomic mass is 9.93. The van der Waals surface area contributed by atoms with Gasteiger partial charge in [-0.1, -0.05) is 12.2 Å². The predicted octanol–water partition coefficient (Wildman–Crippen LogP) is 1.05. The molecule has 0 saturated carbocycles. The van der Waals surface area contributed by atoms with Gasteiger partial charge in [0.25, 0.3) is 0 Å². The summed E-state index contributed by atoms with van der Waals surface area (Å²) in [6.07, 6.45) is 7.52. The zero-order valence-electron chi connectivity index (χ0n) is 12.2. The molecule has 1 saturated heterocycles. The summed E-state index contributed by atoms with van der Waals surface area (Å²) in [6.45, 7) is 3.09. The van der Waals surface area contributed by atoms with E-state index in [2.05, 4.69) is 12.2 Å². The van der Waals surface area contributed by atoms with E-state index < -0.39 is 0 Å². The molecular formula is C15H24N2O3. The van der Waals surface area contributed by atoms with Gasteiger partial charge in [-0.2, -0.15) is 0 Å². The maximum atomic E-state index is 12.4. The summed E-state index contributed by atoms with van der Waals surface area (Å²) in [4.78, 5) is 28.0. The monoisotopic (exact) mass is 280 g/mol. The number of amides is 2. The molecule has 0 aromatic rings. The van der Waals surface area contributed by atoms with Crippen LogP contribution in [0.5, 0.6) is 0 Å². The van der Waals surface area contributed by atoms with Crippen molar-refractivity contribution in [1.29, 1.82) is 0 Å². The summed E-state index contributed by atoms with van der Waals surface area (Å²) in [5, 5.41) is 0. The SMILES string of the molecule is COCCC(=O)N1CCN(C(=O)C2CC=CCC2)CC1. The van der Waals surface area contributed by atoms with Gasteiger partial charge in [0.05, 0.1) is 13.0 Å². The Kier molecular flexibility index (Phi) is 5.59. The summed E-state index contributed by atoms with van der Waals surface area (Å²) in [5.74, 6) is 0.536. The number of piperazine rings is 1.